The van der Waals surface area contributed by atoms with Gasteiger partial charge in [-0.2, -0.15) is 0 Å². The van der Waals surface area contributed by atoms with Crippen molar-refractivity contribution in [2.24, 2.45) is 0 Å². The summed E-state index contributed by atoms with van der Waals surface area (Å²) in [6.45, 7) is 0. The smallest absolute Gasteiger partial charge is 0.273 e. The molecule has 0 unspecified atom stereocenters. The summed E-state index contributed by atoms with van der Waals surface area (Å²) in [7, 11) is 1.60. The number of thiazole rings is 1. The number of methoxy groups -OCH3 is 1. The first-order valence-electron chi connectivity index (χ1n) is 4.01. The van der Waals surface area contributed by atoms with E-state index in [0.29, 0.717) is 10.9 Å². The summed E-state index contributed by atoms with van der Waals surface area (Å²) >= 11 is 1.46. The molecule has 2 heterocycles. The maximum Gasteiger partial charge on any atom is 0.273 e. The van der Waals surface area contributed by atoms with Crippen molar-refractivity contribution in [3.63, 3.8) is 0 Å². The average Bonchev–Trinajstić information content (AvgIpc) is 2.67. The predicted molar refractivity (Wildman–Crippen MR) is 56.3 cm³/mol. The van der Waals surface area contributed by atoms with E-state index in [0.717, 1.165) is 10.4 Å². The van der Waals surface area contributed by atoms with Crippen molar-refractivity contribution in [3.8, 4) is 15.6 Å². The van der Waals surface area contributed by atoms with Crippen LogP contribution in [0.4, 0.5) is 5.69 Å². The normalized spacial score (nSPS) is 10.1. The van der Waals surface area contributed by atoms with Crippen molar-refractivity contribution in [2.75, 3.05) is 12.8 Å². The number of anilines is 1. The van der Waals surface area contributed by atoms with Crippen LogP contribution in [0.15, 0.2) is 24.7 Å². The Morgan fingerprint density at radius 2 is 2.29 bits per heavy atom. The van der Waals surface area contributed by atoms with Crippen LogP contribution in [0.5, 0.6) is 5.19 Å². The molecular formula is C9H9N3OS. The maximum absolute atomic E-state index is 5.78. The van der Waals surface area contributed by atoms with Gasteiger partial charge in [0.05, 0.1) is 23.9 Å². The minimum Gasteiger partial charge on any atom is -0.473 e. The summed E-state index contributed by atoms with van der Waals surface area (Å²) in [4.78, 5) is 8.99. The van der Waals surface area contributed by atoms with Crippen LogP contribution < -0.4 is 10.5 Å². The molecule has 2 N–H and O–H groups in total. The number of hydrogen-bond acceptors (Lipinski definition) is 5. The topological polar surface area (TPSA) is 61.0 Å². The van der Waals surface area contributed by atoms with Crippen molar-refractivity contribution in [1.29, 1.82) is 0 Å². The lowest BCUT2D eigenvalue weighted by Gasteiger charge is -1.99. The molecule has 0 atom stereocenters. The van der Waals surface area contributed by atoms with Crippen LogP contribution in [-0.2, 0) is 0 Å². The van der Waals surface area contributed by atoms with Crippen LogP contribution in [-0.4, -0.2) is 17.1 Å². The zero-order valence-electron chi connectivity index (χ0n) is 7.60. The van der Waals surface area contributed by atoms with Gasteiger partial charge in [0.2, 0.25) is 0 Å². The Bertz CT molecular complexity index is 441. The molecule has 0 spiro atoms. The Balaban J connectivity index is 2.44. The van der Waals surface area contributed by atoms with Crippen LogP contribution in [0.2, 0.25) is 0 Å². The van der Waals surface area contributed by atoms with Gasteiger partial charge in [-0.15, -0.1) is 0 Å². The molecule has 72 valence electrons. The SMILES string of the molecule is COc1ncc(-c2ccncc2N)s1. The minimum atomic E-state index is 0.635. The average molecular weight is 207 g/mol. The molecule has 0 aliphatic heterocycles. The fourth-order valence-corrected chi connectivity index (χ4v) is 1.89. The van der Waals surface area contributed by atoms with Crippen molar-refractivity contribution in [3.05, 3.63) is 24.7 Å². The van der Waals surface area contributed by atoms with Crippen molar-refractivity contribution < 1.29 is 4.74 Å². The highest BCUT2D eigenvalue weighted by Crippen LogP contribution is 2.32. The van der Waals surface area contributed by atoms with E-state index < -0.39 is 0 Å². The number of nitrogens with zero attached hydrogens (tertiary/aromatic N) is 2. The lowest BCUT2D eigenvalue weighted by Crippen LogP contribution is -1.88. The van der Waals surface area contributed by atoms with Crippen molar-refractivity contribution >= 4 is 17.0 Å². The summed E-state index contributed by atoms with van der Waals surface area (Å²) in [5, 5.41) is 0.635. The third kappa shape index (κ3) is 1.54. The van der Waals surface area contributed by atoms with Gasteiger partial charge in [-0.3, -0.25) is 4.98 Å². The first kappa shape index (κ1) is 8.96. The molecule has 2 aromatic heterocycles. The second-order valence-electron chi connectivity index (χ2n) is 2.66. The monoisotopic (exact) mass is 207 g/mol. The fourth-order valence-electron chi connectivity index (χ4n) is 1.11. The minimum absolute atomic E-state index is 0.635. The van der Waals surface area contributed by atoms with Crippen LogP contribution in [0, 0.1) is 0 Å². The van der Waals surface area contributed by atoms with Crippen LogP contribution >= 0.6 is 11.3 Å². The van der Waals surface area contributed by atoms with E-state index >= 15 is 0 Å². The van der Waals surface area contributed by atoms with E-state index in [1.807, 2.05) is 6.07 Å². The quantitative estimate of drug-likeness (QED) is 0.815. The molecule has 4 nitrogen and oxygen atoms in total. The third-order valence-electron chi connectivity index (χ3n) is 1.78. The van der Waals surface area contributed by atoms with Crippen LogP contribution in [0.3, 0.4) is 0 Å². The van der Waals surface area contributed by atoms with Gasteiger partial charge in [-0.05, 0) is 6.07 Å². The molecule has 0 aliphatic rings. The highest BCUT2D eigenvalue weighted by atomic mass is 32.1. The highest BCUT2D eigenvalue weighted by Gasteiger charge is 2.06. The summed E-state index contributed by atoms with van der Waals surface area (Å²) in [6.07, 6.45) is 5.08. The lowest BCUT2D eigenvalue weighted by molar-refractivity contribution is 0.412. The number of pyridine rings is 1. The summed E-state index contributed by atoms with van der Waals surface area (Å²) in [5.41, 5.74) is 7.38. The molecule has 5 heteroatoms. The van der Waals surface area contributed by atoms with Crippen LogP contribution in [0.1, 0.15) is 0 Å². The maximum atomic E-state index is 5.78. The van der Waals surface area contributed by atoms with E-state index in [1.54, 1.807) is 25.7 Å². The second-order valence-corrected chi connectivity index (χ2v) is 3.65. The largest absolute Gasteiger partial charge is 0.473 e. The highest BCUT2D eigenvalue weighted by molar-refractivity contribution is 7.16. The zero-order chi connectivity index (χ0) is 9.97. The molecule has 0 aromatic carbocycles. The summed E-state index contributed by atoms with van der Waals surface area (Å²) < 4.78 is 5.01. The first-order valence-corrected chi connectivity index (χ1v) is 4.82. The van der Waals surface area contributed by atoms with Gasteiger partial charge in [0.1, 0.15) is 0 Å². The van der Waals surface area contributed by atoms with Gasteiger partial charge in [0, 0.05) is 18.0 Å². The molecule has 2 aromatic rings. The molecule has 0 fully saturated rings. The summed E-state index contributed by atoms with van der Waals surface area (Å²) in [5.74, 6) is 0. The first-order chi connectivity index (χ1) is 6.81. The number of rotatable bonds is 2. The van der Waals surface area contributed by atoms with Crippen molar-refractivity contribution in [2.45, 2.75) is 0 Å². The number of aromatic nitrogens is 2. The predicted octanol–water partition coefficient (Wildman–Crippen LogP) is 1.80. The fraction of sp³-hybridized carbons (Fsp3) is 0.111. The zero-order valence-corrected chi connectivity index (χ0v) is 8.41. The standard InChI is InChI=1S/C9H9N3OS/c1-13-9-12-5-8(14-9)6-2-3-11-4-7(6)10/h2-5H,10H2,1H3. The Hall–Kier alpha value is -1.62. The number of ether oxygens (including phenoxy) is 1. The van der Waals surface area contributed by atoms with Gasteiger partial charge in [-0.25, -0.2) is 4.98 Å². The Morgan fingerprint density at radius 3 is 2.93 bits per heavy atom. The molecule has 0 bridgehead atoms. The van der Waals surface area contributed by atoms with E-state index in [9.17, 15) is 0 Å². The Labute approximate surface area is 85.4 Å². The van der Waals surface area contributed by atoms with Gasteiger partial charge in [-0.1, -0.05) is 11.3 Å². The van der Waals surface area contributed by atoms with Gasteiger partial charge < -0.3 is 10.5 Å². The van der Waals surface area contributed by atoms with Gasteiger partial charge >= 0.3 is 0 Å². The molecule has 0 saturated heterocycles. The van der Waals surface area contributed by atoms with Gasteiger partial charge in [0.25, 0.3) is 5.19 Å². The number of nitrogen functional groups attached to an aromatic ring is 1. The van der Waals surface area contributed by atoms with E-state index in [4.69, 9.17) is 10.5 Å². The second kappa shape index (κ2) is 3.63. The van der Waals surface area contributed by atoms with E-state index in [1.165, 1.54) is 11.3 Å². The van der Waals surface area contributed by atoms with Crippen molar-refractivity contribution in [1.82, 2.24) is 9.97 Å². The lowest BCUT2D eigenvalue weighted by atomic mass is 10.2. The van der Waals surface area contributed by atoms with E-state index in [-0.39, 0.29) is 0 Å². The molecular weight excluding hydrogens is 198 g/mol. The Kier molecular flexibility index (Phi) is 2.32. The molecule has 0 saturated carbocycles. The number of nitrogens with two attached hydrogens (primary N) is 1. The van der Waals surface area contributed by atoms with Crippen LogP contribution in [0.25, 0.3) is 10.4 Å². The molecule has 0 radical (unpaired) electrons. The molecule has 0 amide bonds. The molecule has 0 aliphatic carbocycles. The van der Waals surface area contributed by atoms with E-state index in [2.05, 4.69) is 9.97 Å². The molecule has 2 rings (SSSR count). The van der Waals surface area contributed by atoms with Gasteiger partial charge in [0.15, 0.2) is 0 Å². The Morgan fingerprint density at radius 1 is 1.43 bits per heavy atom. The number of hydrogen-bond donors (Lipinski definition) is 1. The summed E-state index contributed by atoms with van der Waals surface area (Å²) in [6, 6.07) is 1.86. The third-order valence-corrected chi connectivity index (χ3v) is 2.77. The molecule has 14 heavy (non-hydrogen) atoms.